The van der Waals surface area contributed by atoms with Gasteiger partial charge in [0.15, 0.2) is 0 Å². The smallest absolute Gasteiger partial charge is 0.354 e. The molecule has 0 fully saturated rings. The zero-order chi connectivity index (χ0) is 12.3. The first kappa shape index (κ1) is 11.1. The highest BCUT2D eigenvalue weighted by Crippen LogP contribution is 2.15. The van der Waals surface area contributed by atoms with E-state index in [1.807, 2.05) is 30.3 Å². The van der Waals surface area contributed by atoms with Crippen molar-refractivity contribution in [3.8, 4) is 11.3 Å². The molecular formula is C12H10N2O3. The Morgan fingerprint density at radius 1 is 1.29 bits per heavy atom. The summed E-state index contributed by atoms with van der Waals surface area (Å²) >= 11 is 0. The van der Waals surface area contributed by atoms with Crippen molar-refractivity contribution in [2.45, 2.75) is 0 Å². The third-order valence-corrected chi connectivity index (χ3v) is 2.22. The molecule has 0 aliphatic carbocycles. The first-order valence-electron chi connectivity index (χ1n) is 4.96. The highest BCUT2D eigenvalue weighted by Gasteiger charge is 2.10. The van der Waals surface area contributed by atoms with Crippen LogP contribution in [-0.2, 0) is 4.74 Å². The van der Waals surface area contributed by atoms with Crippen LogP contribution in [0.25, 0.3) is 11.3 Å². The monoisotopic (exact) mass is 230 g/mol. The molecule has 2 aromatic rings. The molecule has 1 aromatic carbocycles. The summed E-state index contributed by atoms with van der Waals surface area (Å²) in [5.41, 5.74) is 0.719. The number of nitrogens with one attached hydrogen (secondary N) is 1. The predicted octanol–water partition coefficient (Wildman–Crippen LogP) is 1.22. The zero-order valence-electron chi connectivity index (χ0n) is 9.14. The number of aromatic nitrogens is 2. The van der Waals surface area contributed by atoms with Gasteiger partial charge in [-0.05, 0) is 6.07 Å². The van der Waals surface area contributed by atoms with Gasteiger partial charge in [0.1, 0.15) is 5.69 Å². The van der Waals surface area contributed by atoms with Crippen LogP contribution in [0.5, 0.6) is 0 Å². The van der Waals surface area contributed by atoms with Gasteiger partial charge in [0, 0.05) is 5.56 Å². The summed E-state index contributed by atoms with van der Waals surface area (Å²) in [6.07, 6.45) is 0. The molecule has 1 heterocycles. The Balaban J connectivity index is 2.53. The van der Waals surface area contributed by atoms with Crippen molar-refractivity contribution in [2.24, 2.45) is 0 Å². The third-order valence-electron chi connectivity index (χ3n) is 2.22. The molecule has 0 bridgehead atoms. The average Bonchev–Trinajstić information content (AvgIpc) is 2.38. The summed E-state index contributed by atoms with van der Waals surface area (Å²) in [6, 6.07) is 10.6. The second-order valence-electron chi connectivity index (χ2n) is 3.34. The second kappa shape index (κ2) is 4.61. The molecule has 0 amide bonds. The van der Waals surface area contributed by atoms with Gasteiger partial charge in [0.05, 0.1) is 12.8 Å². The van der Waals surface area contributed by atoms with Gasteiger partial charge in [-0.3, -0.25) is 4.98 Å². The first-order valence-corrected chi connectivity index (χ1v) is 4.96. The van der Waals surface area contributed by atoms with Gasteiger partial charge in [-0.25, -0.2) is 9.59 Å². The van der Waals surface area contributed by atoms with Crippen molar-refractivity contribution < 1.29 is 9.53 Å². The minimum Gasteiger partial charge on any atom is -0.464 e. The van der Waals surface area contributed by atoms with Crippen molar-refractivity contribution in [3.05, 3.63) is 52.6 Å². The van der Waals surface area contributed by atoms with Crippen molar-refractivity contribution in [1.29, 1.82) is 0 Å². The number of H-pyrrole nitrogens is 1. The van der Waals surface area contributed by atoms with Crippen LogP contribution in [0.2, 0.25) is 0 Å². The van der Waals surface area contributed by atoms with Gasteiger partial charge in [-0.15, -0.1) is 0 Å². The molecule has 1 N–H and O–H groups in total. The quantitative estimate of drug-likeness (QED) is 0.787. The number of carbonyl (C=O) groups excluding carboxylic acids is 1. The van der Waals surface area contributed by atoms with Crippen molar-refractivity contribution in [2.75, 3.05) is 7.11 Å². The van der Waals surface area contributed by atoms with Crippen LogP contribution in [0, 0.1) is 0 Å². The van der Waals surface area contributed by atoms with E-state index in [2.05, 4.69) is 14.7 Å². The minimum atomic E-state index is -0.596. The normalized spacial score (nSPS) is 9.94. The Labute approximate surface area is 97.1 Å². The number of rotatable bonds is 2. The summed E-state index contributed by atoms with van der Waals surface area (Å²) in [5.74, 6) is -0.596. The Bertz CT molecular complexity index is 590. The summed E-state index contributed by atoms with van der Waals surface area (Å²) in [4.78, 5) is 28.8. The SMILES string of the molecule is COC(=O)c1cc(-c2ccccc2)nc(=O)[nH]1. The maximum absolute atomic E-state index is 11.3. The van der Waals surface area contributed by atoms with Crippen molar-refractivity contribution in [1.82, 2.24) is 9.97 Å². The van der Waals surface area contributed by atoms with Gasteiger partial charge in [0.25, 0.3) is 0 Å². The number of hydrogen-bond acceptors (Lipinski definition) is 4. The molecule has 5 nitrogen and oxygen atoms in total. The van der Waals surface area contributed by atoms with E-state index in [-0.39, 0.29) is 5.69 Å². The fourth-order valence-corrected chi connectivity index (χ4v) is 1.43. The van der Waals surface area contributed by atoms with Crippen molar-refractivity contribution in [3.63, 3.8) is 0 Å². The number of carbonyl (C=O) groups is 1. The lowest BCUT2D eigenvalue weighted by molar-refractivity contribution is 0.0593. The van der Waals surface area contributed by atoms with Gasteiger partial charge < -0.3 is 4.74 Å². The van der Waals surface area contributed by atoms with Crippen LogP contribution in [-0.4, -0.2) is 23.0 Å². The topological polar surface area (TPSA) is 72.0 Å². The lowest BCUT2D eigenvalue weighted by Gasteiger charge is -2.02. The molecule has 0 aliphatic rings. The third kappa shape index (κ3) is 2.39. The molecule has 0 spiro atoms. The summed E-state index contributed by atoms with van der Waals surface area (Å²) in [6.45, 7) is 0. The lowest BCUT2D eigenvalue weighted by atomic mass is 10.1. The largest absolute Gasteiger partial charge is 0.464 e. The van der Waals surface area contributed by atoms with E-state index in [1.54, 1.807) is 0 Å². The molecule has 17 heavy (non-hydrogen) atoms. The van der Waals surface area contributed by atoms with Gasteiger partial charge in [0.2, 0.25) is 0 Å². The number of aromatic amines is 1. The number of ether oxygens (including phenoxy) is 1. The van der Waals surface area contributed by atoms with Crippen LogP contribution in [0.3, 0.4) is 0 Å². The molecule has 0 aliphatic heterocycles. The molecule has 0 saturated carbocycles. The zero-order valence-corrected chi connectivity index (χ0v) is 9.14. The molecule has 1 aromatic heterocycles. The molecule has 2 rings (SSSR count). The summed E-state index contributed by atoms with van der Waals surface area (Å²) in [5, 5.41) is 0. The Morgan fingerprint density at radius 2 is 2.00 bits per heavy atom. The number of benzene rings is 1. The van der Waals surface area contributed by atoms with E-state index in [1.165, 1.54) is 13.2 Å². The highest BCUT2D eigenvalue weighted by atomic mass is 16.5. The van der Waals surface area contributed by atoms with Crippen LogP contribution < -0.4 is 5.69 Å². The van der Waals surface area contributed by atoms with E-state index in [9.17, 15) is 9.59 Å². The van der Waals surface area contributed by atoms with E-state index in [4.69, 9.17) is 0 Å². The van der Waals surface area contributed by atoms with Crippen LogP contribution >= 0.6 is 0 Å². The molecule has 86 valence electrons. The molecule has 5 heteroatoms. The number of nitrogens with zero attached hydrogens (tertiary/aromatic N) is 1. The van der Waals surface area contributed by atoms with Gasteiger partial charge in [-0.2, -0.15) is 4.98 Å². The first-order chi connectivity index (χ1) is 8.20. The number of hydrogen-bond donors (Lipinski definition) is 1. The van der Waals surface area contributed by atoms with E-state index in [0.717, 1.165) is 5.56 Å². The summed E-state index contributed by atoms with van der Waals surface area (Å²) in [7, 11) is 1.25. The molecule has 0 unspecified atom stereocenters. The Hall–Kier alpha value is -2.43. The number of esters is 1. The molecule has 0 radical (unpaired) electrons. The predicted molar refractivity (Wildman–Crippen MR) is 61.6 cm³/mol. The average molecular weight is 230 g/mol. The maximum atomic E-state index is 11.3. The minimum absolute atomic E-state index is 0.0892. The second-order valence-corrected chi connectivity index (χ2v) is 3.34. The molecular weight excluding hydrogens is 220 g/mol. The van der Waals surface area contributed by atoms with Gasteiger partial charge >= 0.3 is 11.7 Å². The van der Waals surface area contributed by atoms with E-state index >= 15 is 0 Å². The van der Waals surface area contributed by atoms with Crippen LogP contribution in [0.15, 0.2) is 41.2 Å². The lowest BCUT2D eigenvalue weighted by Crippen LogP contribution is -2.17. The van der Waals surface area contributed by atoms with Crippen LogP contribution in [0.1, 0.15) is 10.5 Å². The van der Waals surface area contributed by atoms with Crippen molar-refractivity contribution >= 4 is 5.97 Å². The highest BCUT2D eigenvalue weighted by molar-refractivity contribution is 5.88. The van der Waals surface area contributed by atoms with E-state index < -0.39 is 11.7 Å². The number of methoxy groups -OCH3 is 1. The van der Waals surface area contributed by atoms with Gasteiger partial charge in [-0.1, -0.05) is 30.3 Å². The standard InChI is InChI=1S/C12H10N2O3/c1-17-11(15)10-7-9(13-12(16)14-10)8-5-3-2-4-6-8/h2-7H,1H3,(H,13,14,16). The Kier molecular flexibility index (Phi) is 3.00. The molecule has 0 atom stereocenters. The fraction of sp³-hybridized carbons (Fsp3) is 0.0833. The Morgan fingerprint density at radius 3 is 2.65 bits per heavy atom. The maximum Gasteiger partial charge on any atom is 0.354 e. The van der Waals surface area contributed by atoms with E-state index in [0.29, 0.717) is 5.69 Å². The fourth-order valence-electron chi connectivity index (χ4n) is 1.43. The molecule has 0 saturated heterocycles. The van der Waals surface area contributed by atoms with Crippen LogP contribution in [0.4, 0.5) is 0 Å². The summed E-state index contributed by atoms with van der Waals surface area (Å²) < 4.78 is 4.55.